The minimum Gasteiger partial charge on any atom is -0.505 e. The first-order valence-corrected chi connectivity index (χ1v) is 6.46. The summed E-state index contributed by atoms with van der Waals surface area (Å²) in [5.41, 5.74) is -0.736. The molecule has 0 spiro atoms. The van der Waals surface area contributed by atoms with Crippen molar-refractivity contribution in [2.45, 2.75) is 0 Å². The zero-order chi connectivity index (χ0) is 16.7. The number of benzene rings is 2. The number of carboxylic acid groups (broad SMARTS) is 1. The number of rotatable bonds is 1. The van der Waals surface area contributed by atoms with Crippen molar-refractivity contribution in [1.82, 2.24) is 4.57 Å². The molecule has 5 nitrogen and oxygen atoms in total. The molecule has 0 aliphatic rings. The lowest BCUT2D eigenvalue weighted by Gasteiger charge is -2.13. The normalized spacial score (nSPS) is 10.9. The van der Waals surface area contributed by atoms with Crippen LogP contribution in [0.3, 0.4) is 0 Å². The minimum absolute atomic E-state index is 0.0248. The zero-order valence-corrected chi connectivity index (χ0v) is 11.5. The van der Waals surface area contributed by atoms with Crippen molar-refractivity contribution < 1.29 is 23.8 Å². The van der Waals surface area contributed by atoms with E-state index in [9.17, 15) is 28.6 Å². The Hall–Kier alpha value is -3.22. The van der Waals surface area contributed by atoms with Gasteiger partial charge in [-0.2, -0.15) is 0 Å². The van der Waals surface area contributed by atoms with Gasteiger partial charge in [0.2, 0.25) is 0 Å². The van der Waals surface area contributed by atoms with Crippen LogP contribution in [0.5, 0.6) is 5.75 Å². The number of pyridine rings is 1. The summed E-state index contributed by atoms with van der Waals surface area (Å²) in [5.74, 6) is -2.28. The maximum atomic E-state index is 13.5. The smallest absolute Gasteiger partial charge is 0.416 e. The molecule has 0 atom stereocenters. The lowest BCUT2D eigenvalue weighted by atomic mass is 10.1. The number of carbonyl (C=O) groups is 1. The Bertz CT molecular complexity index is 1010. The van der Waals surface area contributed by atoms with Gasteiger partial charge in [0.1, 0.15) is 5.82 Å². The highest BCUT2D eigenvalue weighted by atomic mass is 19.1. The van der Waals surface area contributed by atoms with Crippen LogP contribution in [0, 0.1) is 11.6 Å². The lowest BCUT2D eigenvalue weighted by Crippen LogP contribution is -2.17. The van der Waals surface area contributed by atoms with Crippen molar-refractivity contribution >= 4 is 17.0 Å². The standard InChI is InChI=1S/C16H9F2NO4/c17-9-2-3-10-13(6-9)19(16(22)23)12(7-15(10)21)8-1-4-14(20)11(18)5-8/h1-7,20H,(H,22,23). The molecule has 0 amide bonds. The van der Waals surface area contributed by atoms with Gasteiger partial charge in [-0.25, -0.2) is 18.1 Å². The van der Waals surface area contributed by atoms with Gasteiger partial charge in [-0.15, -0.1) is 0 Å². The highest BCUT2D eigenvalue weighted by Gasteiger charge is 2.17. The predicted molar refractivity (Wildman–Crippen MR) is 78.6 cm³/mol. The van der Waals surface area contributed by atoms with Gasteiger partial charge >= 0.3 is 6.09 Å². The van der Waals surface area contributed by atoms with Gasteiger partial charge in [-0.05, 0) is 36.4 Å². The van der Waals surface area contributed by atoms with Crippen LogP contribution in [-0.2, 0) is 0 Å². The highest BCUT2D eigenvalue weighted by molar-refractivity contribution is 5.92. The van der Waals surface area contributed by atoms with E-state index in [0.717, 1.165) is 30.3 Å². The second-order valence-corrected chi connectivity index (χ2v) is 4.84. The van der Waals surface area contributed by atoms with Crippen LogP contribution in [-0.4, -0.2) is 20.9 Å². The fraction of sp³-hybridized carbons (Fsp3) is 0. The monoisotopic (exact) mass is 317 g/mol. The van der Waals surface area contributed by atoms with Gasteiger partial charge in [0, 0.05) is 17.0 Å². The van der Waals surface area contributed by atoms with Crippen LogP contribution < -0.4 is 5.43 Å². The van der Waals surface area contributed by atoms with Crippen LogP contribution >= 0.6 is 0 Å². The van der Waals surface area contributed by atoms with E-state index in [1.165, 1.54) is 12.1 Å². The molecule has 0 radical (unpaired) electrons. The van der Waals surface area contributed by atoms with Crippen molar-refractivity contribution in [3.8, 4) is 17.0 Å². The molecule has 0 saturated carbocycles. The van der Waals surface area contributed by atoms with Crippen molar-refractivity contribution in [2.75, 3.05) is 0 Å². The second-order valence-electron chi connectivity index (χ2n) is 4.84. The Labute approximate surface area is 127 Å². The van der Waals surface area contributed by atoms with E-state index in [-0.39, 0.29) is 22.2 Å². The number of phenolic OH excluding ortho intramolecular Hbond substituents is 1. The molecule has 7 heteroatoms. The summed E-state index contributed by atoms with van der Waals surface area (Å²) in [6.07, 6.45) is -1.45. The van der Waals surface area contributed by atoms with Crippen LogP contribution in [0.15, 0.2) is 47.3 Å². The predicted octanol–water partition coefficient (Wildman–Crippen LogP) is 3.18. The first-order chi connectivity index (χ1) is 10.9. The molecular weight excluding hydrogens is 308 g/mol. The molecule has 1 heterocycles. The summed E-state index contributed by atoms with van der Waals surface area (Å²) in [5, 5.41) is 18.7. The zero-order valence-electron chi connectivity index (χ0n) is 11.5. The number of aromatic nitrogens is 1. The first kappa shape index (κ1) is 14.7. The average Bonchev–Trinajstić information content (AvgIpc) is 2.49. The van der Waals surface area contributed by atoms with Crippen molar-refractivity contribution in [3.05, 3.63) is 64.3 Å². The van der Waals surface area contributed by atoms with E-state index in [1.807, 2.05) is 0 Å². The molecular formula is C16H9F2NO4. The number of hydrogen-bond donors (Lipinski definition) is 2. The molecule has 3 aromatic rings. The van der Waals surface area contributed by atoms with Gasteiger partial charge in [-0.1, -0.05) is 0 Å². The Kier molecular flexibility index (Phi) is 3.33. The largest absolute Gasteiger partial charge is 0.505 e. The number of halogens is 2. The van der Waals surface area contributed by atoms with Crippen LogP contribution in [0.1, 0.15) is 0 Å². The summed E-state index contributed by atoms with van der Waals surface area (Å²) in [6, 6.07) is 7.39. The summed E-state index contributed by atoms with van der Waals surface area (Å²) < 4.78 is 27.7. The molecule has 3 rings (SSSR count). The molecule has 1 aromatic heterocycles. The molecule has 0 saturated heterocycles. The third-order valence-corrected chi connectivity index (χ3v) is 3.41. The number of aromatic hydroxyl groups is 1. The van der Waals surface area contributed by atoms with E-state index >= 15 is 0 Å². The van der Waals surface area contributed by atoms with Crippen molar-refractivity contribution in [3.63, 3.8) is 0 Å². The summed E-state index contributed by atoms with van der Waals surface area (Å²) in [7, 11) is 0. The van der Waals surface area contributed by atoms with E-state index in [1.54, 1.807) is 0 Å². The highest BCUT2D eigenvalue weighted by Crippen LogP contribution is 2.26. The fourth-order valence-electron chi connectivity index (χ4n) is 2.38. The Morgan fingerprint density at radius 2 is 1.78 bits per heavy atom. The fourth-order valence-corrected chi connectivity index (χ4v) is 2.38. The molecule has 2 N–H and O–H groups in total. The van der Waals surface area contributed by atoms with Gasteiger partial charge in [0.05, 0.1) is 11.2 Å². The number of hydrogen-bond acceptors (Lipinski definition) is 3. The molecule has 0 aliphatic carbocycles. The van der Waals surface area contributed by atoms with Gasteiger partial charge in [-0.3, -0.25) is 4.79 Å². The quantitative estimate of drug-likeness (QED) is 0.722. The van der Waals surface area contributed by atoms with Gasteiger partial charge < -0.3 is 10.2 Å². The number of phenols is 1. The second kappa shape index (κ2) is 5.20. The first-order valence-electron chi connectivity index (χ1n) is 6.46. The molecule has 0 fully saturated rings. The Morgan fingerprint density at radius 1 is 1.04 bits per heavy atom. The van der Waals surface area contributed by atoms with Crippen LogP contribution in [0.25, 0.3) is 22.2 Å². The molecule has 116 valence electrons. The number of nitrogens with zero attached hydrogens (tertiary/aromatic N) is 1. The molecule has 2 aromatic carbocycles. The molecule has 0 bridgehead atoms. The lowest BCUT2D eigenvalue weighted by molar-refractivity contribution is 0.197. The SMILES string of the molecule is O=C(O)n1c(-c2ccc(O)c(F)c2)cc(=O)c2ccc(F)cc21. The third-order valence-electron chi connectivity index (χ3n) is 3.41. The van der Waals surface area contributed by atoms with Crippen molar-refractivity contribution in [1.29, 1.82) is 0 Å². The summed E-state index contributed by atoms with van der Waals surface area (Å²) in [6.45, 7) is 0. The average molecular weight is 317 g/mol. The molecule has 0 aliphatic heterocycles. The summed E-state index contributed by atoms with van der Waals surface area (Å²) in [4.78, 5) is 23.7. The molecule has 23 heavy (non-hydrogen) atoms. The van der Waals surface area contributed by atoms with Crippen LogP contribution in [0.2, 0.25) is 0 Å². The van der Waals surface area contributed by atoms with Gasteiger partial charge in [0.15, 0.2) is 17.0 Å². The van der Waals surface area contributed by atoms with E-state index in [4.69, 9.17) is 0 Å². The Morgan fingerprint density at radius 3 is 2.43 bits per heavy atom. The maximum absolute atomic E-state index is 13.5. The molecule has 0 unspecified atom stereocenters. The topological polar surface area (TPSA) is 79.5 Å². The number of fused-ring (bicyclic) bond motifs is 1. The van der Waals surface area contributed by atoms with Gasteiger partial charge in [0.25, 0.3) is 0 Å². The van der Waals surface area contributed by atoms with Crippen LogP contribution in [0.4, 0.5) is 13.6 Å². The maximum Gasteiger partial charge on any atom is 0.416 e. The van der Waals surface area contributed by atoms with E-state index in [0.29, 0.717) is 4.57 Å². The van der Waals surface area contributed by atoms with Crippen molar-refractivity contribution in [2.24, 2.45) is 0 Å². The Balaban J connectivity index is 2.45. The van der Waals surface area contributed by atoms with E-state index in [2.05, 4.69) is 0 Å². The van der Waals surface area contributed by atoms with E-state index < -0.39 is 28.9 Å². The third kappa shape index (κ3) is 2.42. The minimum atomic E-state index is -1.45. The summed E-state index contributed by atoms with van der Waals surface area (Å²) >= 11 is 0.